The molecule has 1 N–H and O–H groups in total. The van der Waals surface area contributed by atoms with E-state index in [1.807, 2.05) is 24.3 Å². The first-order chi connectivity index (χ1) is 10.7. The van der Waals surface area contributed by atoms with Gasteiger partial charge < -0.3 is 10.1 Å². The summed E-state index contributed by atoms with van der Waals surface area (Å²) in [7, 11) is 0. The highest BCUT2D eigenvalue weighted by molar-refractivity contribution is 6.00. The summed E-state index contributed by atoms with van der Waals surface area (Å²) in [6, 6.07) is 14.0. The van der Waals surface area contributed by atoms with E-state index >= 15 is 0 Å². The largest absolute Gasteiger partial charge is 0.489 e. The summed E-state index contributed by atoms with van der Waals surface area (Å²) < 4.78 is 5.72. The normalized spacial score (nSPS) is 13.4. The predicted molar refractivity (Wildman–Crippen MR) is 83.3 cm³/mol. The smallest absolute Gasteiger partial charge is 0.269 e. The van der Waals surface area contributed by atoms with Gasteiger partial charge in [-0.2, -0.15) is 0 Å². The van der Waals surface area contributed by atoms with Crippen LogP contribution in [-0.2, 0) is 6.61 Å². The van der Waals surface area contributed by atoms with Gasteiger partial charge >= 0.3 is 0 Å². The number of hydrogen-bond acceptors (Lipinski definition) is 5. The molecule has 1 aliphatic heterocycles. The van der Waals surface area contributed by atoms with Gasteiger partial charge in [-0.3, -0.25) is 15.1 Å². The van der Waals surface area contributed by atoms with Crippen molar-refractivity contribution in [2.75, 3.05) is 13.1 Å². The molecule has 0 aliphatic carbocycles. The van der Waals surface area contributed by atoms with Gasteiger partial charge in [0, 0.05) is 29.8 Å². The lowest BCUT2D eigenvalue weighted by Gasteiger charge is -2.11. The lowest BCUT2D eigenvalue weighted by molar-refractivity contribution is -0.384. The van der Waals surface area contributed by atoms with Crippen LogP contribution in [0.4, 0.5) is 5.69 Å². The standard InChI is InChI=1S/C16H15N3O3/c20-19(21)13-5-7-14(8-6-13)22-11-12-3-1-2-4-15(12)16-17-9-10-18-16/h1-8H,9-11H2,(H,17,18). The Bertz CT molecular complexity index is 711. The molecule has 0 radical (unpaired) electrons. The Kier molecular flexibility index (Phi) is 4.00. The number of nitrogens with zero attached hydrogens (tertiary/aromatic N) is 2. The number of nitro benzene ring substituents is 1. The van der Waals surface area contributed by atoms with Crippen molar-refractivity contribution in [3.63, 3.8) is 0 Å². The molecule has 0 aromatic heterocycles. The summed E-state index contributed by atoms with van der Waals surface area (Å²) in [5.74, 6) is 1.49. The van der Waals surface area contributed by atoms with Gasteiger partial charge in [0.2, 0.25) is 0 Å². The number of ether oxygens (including phenoxy) is 1. The van der Waals surface area contributed by atoms with E-state index in [0.29, 0.717) is 12.4 Å². The minimum absolute atomic E-state index is 0.0530. The predicted octanol–water partition coefficient (Wildman–Crippen LogP) is 2.52. The van der Waals surface area contributed by atoms with Crippen molar-refractivity contribution in [3.05, 3.63) is 69.8 Å². The highest BCUT2D eigenvalue weighted by atomic mass is 16.6. The first-order valence-corrected chi connectivity index (χ1v) is 6.98. The maximum absolute atomic E-state index is 10.6. The highest BCUT2D eigenvalue weighted by Gasteiger charge is 2.12. The summed E-state index contributed by atoms with van der Waals surface area (Å²) in [6.07, 6.45) is 0. The molecule has 2 aromatic rings. The Morgan fingerprint density at radius 1 is 1.18 bits per heavy atom. The lowest BCUT2D eigenvalue weighted by atomic mass is 10.1. The quantitative estimate of drug-likeness (QED) is 0.679. The third-order valence-electron chi connectivity index (χ3n) is 3.39. The van der Waals surface area contributed by atoms with Crippen LogP contribution in [0.5, 0.6) is 5.75 Å². The van der Waals surface area contributed by atoms with Gasteiger partial charge in [0.25, 0.3) is 5.69 Å². The van der Waals surface area contributed by atoms with E-state index in [-0.39, 0.29) is 5.69 Å². The average molecular weight is 297 g/mol. The van der Waals surface area contributed by atoms with Gasteiger partial charge in [-0.05, 0) is 12.1 Å². The molecule has 1 heterocycles. The number of non-ortho nitro benzene ring substituents is 1. The van der Waals surface area contributed by atoms with E-state index in [4.69, 9.17) is 4.74 Å². The Labute approximate surface area is 127 Å². The summed E-state index contributed by atoms with van der Waals surface area (Å²) in [6.45, 7) is 2.02. The van der Waals surface area contributed by atoms with Crippen molar-refractivity contribution < 1.29 is 9.66 Å². The monoisotopic (exact) mass is 297 g/mol. The third kappa shape index (κ3) is 3.06. The van der Waals surface area contributed by atoms with Gasteiger partial charge in [0.05, 0.1) is 11.5 Å². The van der Waals surface area contributed by atoms with E-state index in [1.165, 1.54) is 12.1 Å². The zero-order valence-electron chi connectivity index (χ0n) is 11.9. The number of hydrogen-bond donors (Lipinski definition) is 1. The molecule has 1 aliphatic rings. The molecular formula is C16H15N3O3. The minimum Gasteiger partial charge on any atom is -0.489 e. The molecule has 3 rings (SSSR count). The molecule has 0 bridgehead atoms. The first-order valence-electron chi connectivity index (χ1n) is 6.98. The number of nitrogens with one attached hydrogen (secondary N) is 1. The summed E-state index contributed by atoms with van der Waals surface area (Å²) in [5.41, 5.74) is 2.10. The van der Waals surface area contributed by atoms with E-state index in [0.717, 1.165) is 30.1 Å². The van der Waals surface area contributed by atoms with E-state index < -0.39 is 4.92 Å². The van der Waals surface area contributed by atoms with Gasteiger partial charge in [0.15, 0.2) is 0 Å². The average Bonchev–Trinajstić information content (AvgIpc) is 3.08. The van der Waals surface area contributed by atoms with Crippen LogP contribution in [0.2, 0.25) is 0 Å². The van der Waals surface area contributed by atoms with Crippen LogP contribution in [0.3, 0.4) is 0 Å². The van der Waals surface area contributed by atoms with E-state index in [1.54, 1.807) is 12.1 Å². The number of aliphatic imine (C=N–C) groups is 1. The van der Waals surface area contributed by atoms with Crippen molar-refractivity contribution in [2.24, 2.45) is 4.99 Å². The van der Waals surface area contributed by atoms with Crippen LogP contribution in [0.15, 0.2) is 53.5 Å². The van der Waals surface area contributed by atoms with E-state index in [2.05, 4.69) is 10.3 Å². The van der Waals surface area contributed by atoms with Gasteiger partial charge in [0.1, 0.15) is 18.2 Å². The second-order valence-corrected chi connectivity index (χ2v) is 4.85. The van der Waals surface area contributed by atoms with Crippen LogP contribution in [0.1, 0.15) is 11.1 Å². The Hall–Kier alpha value is -2.89. The maximum Gasteiger partial charge on any atom is 0.269 e. The number of rotatable bonds is 5. The van der Waals surface area contributed by atoms with Crippen molar-refractivity contribution in [3.8, 4) is 5.75 Å². The molecule has 0 atom stereocenters. The molecule has 0 fully saturated rings. The third-order valence-corrected chi connectivity index (χ3v) is 3.39. The van der Waals surface area contributed by atoms with Gasteiger partial charge in [-0.1, -0.05) is 24.3 Å². The number of nitro groups is 1. The lowest BCUT2D eigenvalue weighted by Crippen LogP contribution is -2.21. The van der Waals surface area contributed by atoms with Crippen LogP contribution in [0, 0.1) is 10.1 Å². The first kappa shape index (κ1) is 14.1. The molecule has 0 unspecified atom stereocenters. The molecule has 6 heteroatoms. The molecular weight excluding hydrogens is 282 g/mol. The fraction of sp³-hybridized carbons (Fsp3) is 0.188. The Morgan fingerprint density at radius 2 is 1.95 bits per heavy atom. The minimum atomic E-state index is -0.428. The summed E-state index contributed by atoms with van der Waals surface area (Å²) >= 11 is 0. The fourth-order valence-electron chi connectivity index (χ4n) is 2.28. The Balaban J connectivity index is 1.72. The summed E-state index contributed by atoms with van der Waals surface area (Å²) in [5, 5.41) is 13.9. The number of benzene rings is 2. The van der Waals surface area contributed by atoms with Crippen LogP contribution >= 0.6 is 0 Å². The van der Waals surface area contributed by atoms with Crippen LogP contribution in [0.25, 0.3) is 0 Å². The molecule has 0 saturated heterocycles. The Morgan fingerprint density at radius 3 is 2.64 bits per heavy atom. The zero-order chi connectivity index (χ0) is 15.4. The molecule has 0 spiro atoms. The van der Waals surface area contributed by atoms with Crippen LogP contribution < -0.4 is 10.1 Å². The summed E-state index contributed by atoms with van der Waals surface area (Å²) in [4.78, 5) is 14.6. The van der Waals surface area contributed by atoms with Crippen molar-refractivity contribution in [2.45, 2.75) is 6.61 Å². The maximum atomic E-state index is 10.6. The molecule has 2 aromatic carbocycles. The van der Waals surface area contributed by atoms with E-state index in [9.17, 15) is 10.1 Å². The topological polar surface area (TPSA) is 76.8 Å². The second kappa shape index (κ2) is 6.26. The van der Waals surface area contributed by atoms with Crippen molar-refractivity contribution in [1.29, 1.82) is 0 Å². The fourth-order valence-corrected chi connectivity index (χ4v) is 2.28. The molecule has 0 saturated carbocycles. The van der Waals surface area contributed by atoms with Gasteiger partial charge in [-0.25, -0.2) is 0 Å². The van der Waals surface area contributed by atoms with Crippen molar-refractivity contribution in [1.82, 2.24) is 5.32 Å². The molecule has 6 nitrogen and oxygen atoms in total. The highest BCUT2D eigenvalue weighted by Crippen LogP contribution is 2.19. The van der Waals surface area contributed by atoms with Crippen molar-refractivity contribution >= 4 is 11.5 Å². The molecule has 22 heavy (non-hydrogen) atoms. The second-order valence-electron chi connectivity index (χ2n) is 4.85. The number of amidine groups is 1. The van der Waals surface area contributed by atoms with Crippen LogP contribution in [-0.4, -0.2) is 23.8 Å². The zero-order valence-corrected chi connectivity index (χ0v) is 11.9. The molecule has 0 amide bonds. The van der Waals surface area contributed by atoms with Gasteiger partial charge in [-0.15, -0.1) is 0 Å². The SMILES string of the molecule is O=[N+]([O-])c1ccc(OCc2ccccc2C2=NCCN2)cc1. The molecule has 112 valence electrons.